The van der Waals surface area contributed by atoms with E-state index in [1.807, 2.05) is 12.1 Å². The second-order valence-electron chi connectivity index (χ2n) is 14.3. The smallest absolute Gasteiger partial charge is 0.123 e. The minimum Gasteiger partial charge on any atom is -0.508 e. The van der Waals surface area contributed by atoms with Gasteiger partial charge in [-0.3, -0.25) is 0 Å². The van der Waals surface area contributed by atoms with Crippen molar-refractivity contribution in [3.63, 3.8) is 0 Å². The Bertz CT molecular complexity index is 955. The van der Waals surface area contributed by atoms with Crippen LogP contribution in [0.5, 0.6) is 11.5 Å². The lowest BCUT2D eigenvalue weighted by Gasteiger charge is -2.28. The number of hydrogen-bond donors (Lipinski definition) is 2. The summed E-state index contributed by atoms with van der Waals surface area (Å²) >= 11 is 0. The van der Waals surface area contributed by atoms with Crippen molar-refractivity contribution in [2.24, 2.45) is 0 Å². The minimum absolute atomic E-state index is 0.176. The van der Waals surface area contributed by atoms with E-state index in [9.17, 15) is 10.2 Å². The highest BCUT2D eigenvalue weighted by Gasteiger charge is 2.27. The number of benzene rings is 2. The second kappa shape index (κ2) is 17.1. The van der Waals surface area contributed by atoms with Crippen LogP contribution in [0, 0.1) is 0 Å². The highest BCUT2D eigenvalue weighted by atomic mass is 16.3. The Labute approximate surface area is 248 Å². The molecule has 0 amide bonds. The second-order valence-corrected chi connectivity index (χ2v) is 14.3. The largest absolute Gasteiger partial charge is 0.508 e. The maximum atomic E-state index is 11.2. The van der Waals surface area contributed by atoms with Gasteiger partial charge in [-0.05, 0) is 53.0 Å². The van der Waals surface area contributed by atoms with E-state index in [-0.39, 0.29) is 10.8 Å². The summed E-state index contributed by atoms with van der Waals surface area (Å²) in [6.07, 6.45) is 22.7. The van der Waals surface area contributed by atoms with Crippen LogP contribution in [0.3, 0.4) is 0 Å². The first kappa shape index (κ1) is 34.2. The van der Waals surface area contributed by atoms with Gasteiger partial charge in [0.15, 0.2) is 0 Å². The summed E-state index contributed by atoms with van der Waals surface area (Å²) in [5.41, 5.74) is 4.80. The Morgan fingerprint density at radius 3 is 1.35 bits per heavy atom. The van der Waals surface area contributed by atoms with Crippen LogP contribution < -0.4 is 0 Å². The first-order chi connectivity index (χ1) is 19.0. The van der Waals surface area contributed by atoms with Crippen molar-refractivity contribution in [3.05, 3.63) is 47.0 Å². The van der Waals surface area contributed by atoms with Crippen LogP contribution >= 0.6 is 0 Å². The molecule has 2 aromatic rings. The van der Waals surface area contributed by atoms with Gasteiger partial charge in [-0.15, -0.1) is 0 Å². The van der Waals surface area contributed by atoms with Gasteiger partial charge in [-0.1, -0.05) is 157 Å². The first-order valence-corrected chi connectivity index (χ1v) is 16.7. The fourth-order valence-corrected chi connectivity index (χ4v) is 5.89. The fraction of sp³-hybridized carbons (Fsp3) is 0.684. The van der Waals surface area contributed by atoms with Gasteiger partial charge in [-0.25, -0.2) is 0 Å². The minimum atomic E-state index is -0.176. The van der Waals surface area contributed by atoms with Gasteiger partial charge in [0.25, 0.3) is 0 Å². The number of hydrogen-bond acceptors (Lipinski definition) is 2. The maximum absolute atomic E-state index is 11.2. The van der Waals surface area contributed by atoms with Crippen LogP contribution in [0.4, 0.5) is 0 Å². The molecule has 0 heterocycles. The average molecular weight is 551 g/mol. The number of rotatable bonds is 18. The van der Waals surface area contributed by atoms with E-state index in [0.717, 1.165) is 40.7 Å². The fourth-order valence-electron chi connectivity index (χ4n) is 5.89. The van der Waals surface area contributed by atoms with Crippen LogP contribution in [0.2, 0.25) is 0 Å². The molecule has 2 aromatic carbocycles. The maximum Gasteiger partial charge on any atom is 0.123 e. The molecule has 0 fully saturated rings. The molecule has 2 rings (SSSR count). The molecule has 0 aliphatic rings. The van der Waals surface area contributed by atoms with Gasteiger partial charge in [0.1, 0.15) is 11.5 Å². The molecule has 2 heteroatoms. The van der Waals surface area contributed by atoms with Gasteiger partial charge < -0.3 is 10.2 Å². The van der Waals surface area contributed by atoms with E-state index in [4.69, 9.17) is 0 Å². The van der Waals surface area contributed by atoms with E-state index in [0.29, 0.717) is 11.5 Å². The highest BCUT2D eigenvalue weighted by molar-refractivity contribution is 5.73. The van der Waals surface area contributed by atoms with Crippen LogP contribution in [-0.4, -0.2) is 10.2 Å². The van der Waals surface area contributed by atoms with Crippen molar-refractivity contribution >= 4 is 0 Å². The summed E-state index contributed by atoms with van der Waals surface area (Å²) < 4.78 is 0. The summed E-state index contributed by atoms with van der Waals surface area (Å²) in [7, 11) is 0. The lowest BCUT2D eigenvalue weighted by atomic mass is 9.77. The Hall–Kier alpha value is -1.96. The lowest BCUT2D eigenvalue weighted by Crippen LogP contribution is -2.17. The van der Waals surface area contributed by atoms with Crippen molar-refractivity contribution < 1.29 is 10.2 Å². The summed E-state index contributed by atoms with van der Waals surface area (Å²) in [6, 6.07) is 10.2. The van der Waals surface area contributed by atoms with Crippen LogP contribution in [0.1, 0.15) is 168 Å². The average Bonchev–Trinajstić information content (AvgIpc) is 2.88. The molecule has 0 spiro atoms. The van der Waals surface area contributed by atoms with Gasteiger partial charge in [0, 0.05) is 16.7 Å². The quantitative estimate of drug-likeness (QED) is 0.181. The zero-order chi connectivity index (χ0) is 29.6. The predicted octanol–water partition coefficient (Wildman–Crippen LogP) is 12.2. The molecule has 0 saturated heterocycles. The zero-order valence-corrected chi connectivity index (χ0v) is 27.3. The predicted molar refractivity (Wildman–Crippen MR) is 176 cm³/mol. The molecule has 0 bridgehead atoms. The van der Waals surface area contributed by atoms with E-state index in [1.165, 1.54) is 96.3 Å². The molecular weight excluding hydrogens is 488 g/mol. The van der Waals surface area contributed by atoms with E-state index >= 15 is 0 Å². The van der Waals surface area contributed by atoms with Crippen molar-refractivity contribution in [2.75, 3.05) is 0 Å². The van der Waals surface area contributed by atoms with E-state index < -0.39 is 0 Å². The molecule has 0 atom stereocenters. The Balaban J connectivity index is 1.83. The molecule has 226 valence electrons. The van der Waals surface area contributed by atoms with E-state index in [2.05, 4.69) is 66.7 Å². The summed E-state index contributed by atoms with van der Waals surface area (Å²) in [4.78, 5) is 0. The van der Waals surface area contributed by atoms with Gasteiger partial charge in [-0.2, -0.15) is 0 Å². The molecule has 40 heavy (non-hydrogen) atoms. The molecule has 2 nitrogen and oxygen atoms in total. The number of unbranched alkanes of at least 4 members (excludes halogenated alkanes) is 15. The highest BCUT2D eigenvalue weighted by Crippen LogP contribution is 2.43. The lowest BCUT2D eigenvalue weighted by molar-refractivity contribution is 0.423. The Morgan fingerprint density at radius 1 is 0.550 bits per heavy atom. The van der Waals surface area contributed by atoms with Gasteiger partial charge in [0.2, 0.25) is 0 Å². The molecule has 0 aliphatic heterocycles. The topological polar surface area (TPSA) is 40.5 Å². The van der Waals surface area contributed by atoms with Crippen molar-refractivity contribution in [1.29, 1.82) is 0 Å². The van der Waals surface area contributed by atoms with Gasteiger partial charge in [0.05, 0.1) is 0 Å². The molecule has 2 N–H and O–H groups in total. The molecule has 0 radical (unpaired) electrons. The molecule has 0 aromatic heterocycles. The number of aromatic hydroxyl groups is 2. The van der Waals surface area contributed by atoms with Crippen molar-refractivity contribution in [1.82, 2.24) is 0 Å². The normalized spacial score (nSPS) is 12.3. The van der Waals surface area contributed by atoms with Gasteiger partial charge >= 0.3 is 0 Å². The van der Waals surface area contributed by atoms with Crippen LogP contribution in [0.25, 0.3) is 11.1 Å². The number of phenols is 2. The SMILES string of the molecule is CCCCCCCCCCCCCCCCCCc1c(O)cccc1-c1cc(C(C)(C)C)c(O)c(C(C)(C)C)c1. The third-order valence-corrected chi connectivity index (χ3v) is 8.47. The number of phenolic OH excluding ortho intramolecular Hbond substituents is 2. The van der Waals surface area contributed by atoms with Crippen LogP contribution in [0.15, 0.2) is 30.3 Å². The van der Waals surface area contributed by atoms with E-state index in [1.54, 1.807) is 0 Å². The zero-order valence-electron chi connectivity index (χ0n) is 27.3. The molecule has 0 unspecified atom stereocenters. The molecular formula is C38H62O2. The van der Waals surface area contributed by atoms with Crippen LogP contribution in [-0.2, 0) is 17.3 Å². The molecule has 0 aliphatic carbocycles. The van der Waals surface area contributed by atoms with Crippen molar-refractivity contribution in [2.45, 2.75) is 168 Å². The summed E-state index contributed by atoms with van der Waals surface area (Å²) in [6.45, 7) is 15.2. The van der Waals surface area contributed by atoms with Crippen molar-refractivity contribution in [3.8, 4) is 22.6 Å². The Morgan fingerprint density at radius 2 is 0.950 bits per heavy atom. The standard InChI is InChI=1S/C38H62O2/c1-8-9-10-11-12-13-14-15-16-17-18-19-20-21-22-23-25-32-31(26-24-27-35(32)39)30-28-33(37(2,3)4)36(40)34(29-30)38(5,6)7/h24,26-29,39-40H,8-23,25H2,1-7H3. The monoisotopic (exact) mass is 550 g/mol. The third kappa shape index (κ3) is 11.5. The third-order valence-electron chi connectivity index (χ3n) is 8.47. The first-order valence-electron chi connectivity index (χ1n) is 16.7. The summed E-state index contributed by atoms with van der Waals surface area (Å²) in [5, 5.41) is 22.0. The molecule has 0 saturated carbocycles. The summed E-state index contributed by atoms with van der Waals surface area (Å²) in [5.74, 6) is 0.796. The Kier molecular flexibility index (Phi) is 14.6.